The third-order valence-corrected chi connectivity index (χ3v) is 5.80. The van der Waals surface area contributed by atoms with Gasteiger partial charge in [0.2, 0.25) is 11.8 Å². The van der Waals surface area contributed by atoms with Gasteiger partial charge in [-0.25, -0.2) is 4.39 Å². The van der Waals surface area contributed by atoms with Gasteiger partial charge in [-0.2, -0.15) is 0 Å². The minimum absolute atomic E-state index is 0.117. The highest BCUT2D eigenvalue weighted by atomic mass is 19.1. The second-order valence-corrected chi connectivity index (χ2v) is 7.47. The fraction of sp³-hybridized carbons (Fsp3) is 0.579. The number of piperidine rings is 3. The van der Waals surface area contributed by atoms with Gasteiger partial charge in [0.05, 0.1) is 6.42 Å². The number of amides is 2. The van der Waals surface area contributed by atoms with Crippen molar-refractivity contribution in [2.24, 2.45) is 11.8 Å². The first-order valence-corrected chi connectivity index (χ1v) is 8.92. The Labute approximate surface area is 141 Å². The summed E-state index contributed by atoms with van der Waals surface area (Å²) >= 11 is 0. The number of halogens is 1. The van der Waals surface area contributed by atoms with Crippen molar-refractivity contribution in [3.05, 3.63) is 35.6 Å². The molecule has 0 spiro atoms. The van der Waals surface area contributed by atoms with Gasteiger partial charge >= 0.3 is 0 Å². The van der Waals surface area contributed by atoms with Crippen molar-refractivity contribution in [1.29, 1.82) is 0 Å². The van der Waals surface area contributed by atoms with E-state index in [1.165, 1.54) is 12.1 Å². The lowest BCUT2D eigenvalue weighted by Gasteiger charge is -2.52. The van der Waals surface area contributed by atoms with E-state index in [2.05, 4.69) is 4.90 Å². The van der Waals surface area contributed by atoms with Gasteiger partial charge in [-0.15, -0.1) is 0 Å². The maximum atomic E-state index is 13.0. The predicted octanol–water partition coefficient (Wildman–Crippen LogP) is 2.23. The Kier molecular flexibility index (Phi) is 4.02. The predicted molar refractivity (Wildman–Crippen MR) is 87.6 cm³/mol. The van der Waals surface area contributed by atoms with Gasteiger partial charge in [0, 0.05) is 32.1 Å². The summed E-state index contributed by atoms with van der Waals surface area (Å²) in [5.41, 5.74) is 0.853. The third kappa shape index (κ3) is 2.92. The van der Waals surface area contributed by atoms with Crippen LogP contribution in [0.5, 0.6) is 0 Å². The first-order valence-electron chi connectivity index (χ1n) is 8.92. The fourth-order valence-corrected chi connectivity index (χ4v) is 4.70. The van der Waals surface area contributed by atoms with E-state index in [1.807, 2.05) is 4.90 Å². The average molecular weight is 330 g/mol. The summed E-state index contributed by atoms with van der Waals surface area (Å²) in [6, 6.07) is 6.49. The molecule has 3 heterocycles. The zero-order valence-electron chi connectivity index (χ0n) is 13.8. The van der Waals surface area contributed by atoms with E-state index < -0.39 is 0 Å². The summed E-state index contributed by atoms with van der Waals surface area (Å²) in [6.45, 7) is 2.30. The van der Waals surface area contributed by atoms with Crippen molar-refractivity contribution in [1.82, 2.24) is 9.80 Å². The lowest BCUT2D eigenvalue weighted by molar-refractivity contribution is -0.148. The Hall–Kier alpha value is -1.91. The molecule has 0 aliphatic carbocycles. The fourth-order valence-electron chi connectivity index (χ4n) is 4.70. The molecule has 2 unspecified atom stereocenters. The zero-order chi connectivity index (χ0) is 16.7. The number of benzene rings is 1. The molecule has 1 aromatic rings. The Morgan fingerprint density at radius 2 is 1.96 bits per heavy atom. The molecular formula is C19H23FN2O2. The second-order valence-electron chi connectivity index (χ2n) is 7.47. The number of hydrogen-bond acceptors (Lipinski definition) is 2. The summed E-state index contributed by atoms with van der Waals surface area (Å²) in [5, 5.41) is 0. The summed E-state index contributed by atoms with van der Waals surface area (Å²) < 4.78 is 13.0. The smallest absolute Gasteiger partial charge is 0.227 e. The molecule has 5 heteroatoms. The van der Waals surface area contributed by atoms with E-state index in [0.29, 0.717) is 36.6 Å². The molecule has 0 N–H and O–H groups in total. The SMILES string of the molecule is O=C(Cc1ccc(F)cc1)N1CC2CC(C1)[C@H]1CCCC(=O)N1C2. The molecular weight excluding hydrogens is 307 g/mol. The van der Waals surface area contributed by atoms with Crippen LogP contribution in [0.2, 0.25) is 0 Å². The lowest BCUT2D eigenvalue weighted by Crippen LogP contribution is -2.61. The van der Waals surface area contributed by atoms with Gasteiger partial charge in [0.15, 0.2) is 0 Å². The summed E-state index contributed by atoms with van der Waals surface area (Å²) in [6.07, 6.45) is 4.19. The molecule has 2 amide bonds. The van der Waals surface area contributed by atoms with Crippen molar-refractivity contribution in [2.75, 3.05) is 19.6 Å². The van der Waals surface area contributed by atoms with Crippen LogP contribution in [0.3, 0.4) is 0 Å². The molecule has 0 radical (unpaired) electrons. The lowest BCUT2D eigenvalue weighted by atomic mass is 9.76. The standard InChI is InChI=1S/C19H23FN2O2/c20-16-6-4-13(5-7-16)9-19(24)21-10-14-8-15(12-21)17-2-1-3-18(23)22(17)11-14/h4-7,14-15,17H,1-3,8-12H2/t14?,15?,17-/m1/s1. The minimum Gasteiger partial charge on any atom is -0.342 e. The van der Waals surface area contributed by atoms with E-state index in [-0.39, 0.29) is 11.7 Å². The van der Waals surface area contributed by atoms with Crippen LogP contribution in [0.4, 0.5) is 4.39 Å². The van der Waals surface area contributed by atoms with Crippen molar-refractivity contribution >= 4 is 11.8 Å². The van der Waals surface area contributed by atoms with E-state index in [4.69, 9.17) is 0 Å². The Balaban J connectivity index is 1.44. The number of nitrogens with zero attached hydrogens (tertiary/aromatic N) is 2. The van der Waals surface area contributed by atoms with Crippen LogP contribution >= 0.6 is 0 Å². The molecule has 24 heavy (non-hydrogen) atoms. The summed E-state index contributed by atoms with van der Waals surface area (Å²) in [7, 11) is 0. The Morgan fingerprint density at radius 1 is 1.17 bits per heavy atom. The van der Waals surface area contributed by atoms with Crippen molar-refractivity contribution in [2.45, 2.75) is 38.1 Å². The molecule has 1 aromatic carbocycles. The molecule has 2 bridgehead atoms. The highest BCUT2D eigenvalue weighted by molar-refractivity contribution is 5.79. The van der Waals surface area contributed by atoms with Crippen molar-refractivity contribution in [3.63, 3.8) is 0 Å². The quantitative estimate of drug-likeness (QED) is 0.834. The summed E-state index contributed by atoms with van der Waals surface area (Å²) in [5.74, 6) is 0.956. The van der Waals surface area contributed by atoms with Crippen LogP contribution in [0.15, 0.2) is 24.3 Å². The molecule has 3 fully saturated rings. The topological polar surface area (TPSA) is 40.6 Å². The Morgan fingerprint density at radius 3 is 2.75 bits per heavy atom. The maximum Gasteiger partial charge on any atom is 0.227 e. The monoisotopic (exact) mass is 330 g/mol. The van der Waals surface area contributed by atoms with Gasteiger partial charge < -0.3 is 9.80 Å². The molecule has 3 aliphatic rings. The molecule has 0 saturated carbocycles. The van der Waals surface area contributed by atoms with Gasteiger partial charge in [-0.1, -0.05) is 12.1 Å². The molecule has 3 atom stereocenters. The van der Waals surface area contributed by atoms with Crippen LogP contribution in [0, 0.1) is 17.7 Å². The van der Waals surface area contributed by atoms with Gasteiger partial charge in [0.1, 0.15) is 5.82 Å². The third-order valence-electron chi connectivity index (χ3n) is 5.80. The first-order chi connectivity index (χ1) is 11.6. The Bertz CT molecular complexity index is 645. The molecule has 3 aliphatic heterocycles. The van der Waals surface area contributed by atoms with Crippen LogP contribution in [0.25, 0.3) is 0 Å². The molecule has 4 nitrogen and oxygen atoms in total. The number of fused-ring (bicyclic) bond motifs is 4. The van der Waals surface area contributed by atoms with Crippen LogP contribution in [0.1, 0.15) is 31.2 Å². The summed E-state index contributed by atoms with van der Waals surface area (Å²) in [4.78, 5) is 28.9. The largest absolute Gasteiger partial charge is 0.342 e. The molecule has 128 valence electrons. The molecule has 3 saturated heterocycles. The van der Waals surface area contributed by atoms with Crippen LogP contribution in [-0.2, 0) is 16.0 Å². The number of carbonyl (C=O) groups is 2. The van der Waals surface area contributed by atoms with Crippen LogP contribution < -0.4 is 0 Å². The van der Waals surface area contributed by atoms with Gasteiger partial charge in [-0.3, -0.25) is 9.59 Å². The van der Waals surface area contributed by atoms with E-state index in [9.17, 15) is 14.0 Å². The first kappa shape index (κ1) is 15.6. The van der Waals surface area contributed by atoms with E-state index >= 15 is 0 Å². The highest BCUT2D eigenvalue weighted by Crippen LogP contribution is 2.38. The van der Waals surface area contributed by atoms with Gasteiger partial charge in [0.25, 0.3) is 0 Å². The van der Waals surface area contributed by atoms with Gasteiger partial charge in [-0.05, 0) is 48.8 Å². The molecule has 4 rings (SSSR count). The van der Waals surface area contributed by atoms with Crippen molar-refractivity contribution < 1.29 is 14.0 Å². The normalized spacial score (nSPS) is 29.4. The highest BCUT2D eigenvalue weighted by Gasteiger charge is 2.44. The average Bonchev–Trinajstić information content (AvgIpc) is 2.58. The van der Waals surface area contributed by atoms with E-state index in [0.717, 1.165) is 44.5 Å². The molecule has 0 aromatic heterocycles. The van der Waals surface area contributed by atoms with Crippen LogP contribution in [-0.4, -0.2) is 47.3 Å². The number of carbonyl (C=O) groups excluding carboxylic acids is 2. The van der Waals surface area contributed by atoms with Crippen molar-refractivity contribution in [3.8, 4) is 0 Å². The number of hydrogen-bond donors (Lipinski definition) is 0. The van der Waals surface area contributed by atoms with E-state index in [1.54, 1.807) is 12.1 Å². The maximum absolute atomic E-state index is 13.0. The zero-order valence-corrected chi connectivity index (χ0v) is 13.8. The minimum atomic E-state index is -0.277. The number of likely N-dealkylation sites (tertiary alicyclic amines) is 1. The second kappa shape index (κ2) is 6.19. The number of rotatable bonds is 2.